The quantitative estimate of drug-likeness (QED) is 0.438. The van der Waals surface area contributed by atoms with Crippen molar-refractivity contribution in [1.82, 2.24) is 4.90 Å². The van der Waals surface area contributed by atoms with Crippen LogP contribution >= 0.6 is 0 Å². The number of nitrogens with one attached hydrogen (secondary N) is 3. The summed E-state index contributed by atoms with van der Waals surface area (Å²) in [7, 11) is -1.59. The lowest BCUT2D eigenvalue weighted by Gasteiger charge is -2.30. The van der Waals surface area contributed by atoms with Gasteiger partial charge in [-0.15, -0.1) is 0 Å². The van der Waals surface area contributed by atoms with E-state index in [0.717, 1.165) is 48.4 Å². The number of nitrogens with zero attached hydrogens (tertiary/aromatic N) is 1. The third-order valence-corrected chi connectivity index (χ3v) is 7.82. The molecule has 3 aromatic rings. The van der Waals surface area contributed by atoms with Crippen molar-refractivity contribution in [2.75, 3.05) is 35.5 Å². The fourth-order valence-corrected chi connectivity index (χ4v) is 5.21. The fourth-order valence-electron chi connectivity index (χ4n) is 4.07. The van der Waals surface area contributed by atoms with Crippen molar-refractivity contribution in [2.45, 2.75) is 37.6 Å². The molecular weight excluding hydrogens is 460 g/mol. The Labute approximate surface area is 207 Å². The van der Waals surface area contributed by atoms with Crippen molar-refractivity contribution in [3.8, 4) is 0 Å². The number of hydrogen-bond acceptors (Lipinski definition) is 5. The largest absolute Gasteiger partial charge is 0.381 e. The highest BCUT2D eigenvalue weighted by Gasteiger charge is 2.18. The van der Waals surface area contributed by atoms with Gasteiger partial charge < -0.3 is 15.5 Å². The van der Waals surface area contributed by atoms with E-state index >= 15 is 0 Å². The van der Waals surface area contributed by atoms with Gasteiger partial charge in [0.1, 0.15) is 0 Å². The molecule has 0 aliphatic carbocycles. The third kappa shape index (κ3) is 6.21. The summed E-state index contributed by atoms with van der Waals surface area (Å²) in [6.45, 7) is 5.91. The molecule has 0 unspecified atom stereocenters. The van der Waals surface area contributed by atoms with Crippen LogP contribution in [-0.2, 0) is 10.0 Å². The first-order valence-electron chi connectivity index (χ1n) is 11.8. The normalized spacial score (nSPS) is 14.9. The van der Waals surface area contributed by atoms with Gasteiger partial charge in [0.2, 0.25) is 0 Å². The van der Waals surface area contributed by atoms with E-state index in [0.29, 0.717) is 17.3 Å². The molecule has 0 radical (unpaired) electrons. The first-order valence-corrected chi connectivity index (χ1v) is 13.3. The van der Waals surface area contributed by atoms with Gasteiger partial charge in [-0.25, -0.2) is 8.42 Å². The Morgan fingerprint density at radius 1 is 0.886 bits per heavy atom. The van der Waals surface area contributed by atoms with Crippen LogP contribution in [0.2, 0.25) is 0 Å². The molecule has 35 heavy (non-hydrogen) atoms. The van der Waals surface area contributed by atoms with Crippen LogP contribution in [0.4, 0.5) is 17.1 Å². The van der Waals surface area contributed by atoms with E-state index in [4.69, 9.17) is 0 Å². The summed E-state index contributed by atoms with van der Waals surface area (Å²) in [5, 5.41) is 6.55. The predicted molar refractivity (Wildman–Crippen MR) is 142 cm³/mol. The molecule has 184 valence electrons. The molecule has 0 aromatic heterocycles. The summed E-state index contributed by atoms with van der Waals surface area (Å²) < 4.78 is 28.1. The van der Waals surface area contributed by atoms with Gasteiger partial charge in [-0.2, -0.15) is 0 Å². The molecule has 4 rings (SSSR count). The first kappa shape index (κ1) is 24.8. The minimum absolute atomic E-state index is 0.205. The number of carbonyl (C=O) groups is 1. The molecule has 0 bridgehead atoms. The number of benzene rings is 3. The van der Waals surface area contributed by atoms with E-state index in [1.54, 1.807) is 42.5 Å². The van der Waals surface area contributed by atoms with Gasteiger partial charge in [-0.05, 0) is 106 Å². The minimum atomic E-state index is -3.72. The molecule has 7 nitrogen and oxygen atoms in total. The second kappa shape index (κ2) is 10.5. The van der Waals surface area contributed by atoms with Crippen LogP contribution in [0, 0.1) is 13.8 Å². The average molecular weight is 493 g/mol. The lowest BCUT2D eigenvalue weighted by Crippen LogP contribution is -2.36. The molecular formula is C27H32N4O3S. The van der Waals surface area contributed by atoms with Crippen molar-refractivity contribution in [1.29, 1.82) is 0 Å². The van der Waals surface area contributed by atoms with Crippen LogP contribution in [0.3, 0.4) is 0 Å². The number of rotatable bonds is 7. The van der Waals surface area contributed by atoms with Gasteiger partial charge in [0, 0.05) is 17.3 Å². The zero-order chi connectivity index (χ0) is 25.0. The molecule has 3 N–H and O–H groups in total. The molecule has 1 saturated heterocycles. The number of piperidine rings is 1. The van der Waals surface area contributed by atoms with Crippen molar-refractivity contribution in [3.63, 3.8) is 0 Å². The molecule has 3 aromatic carbocycles. The van der Waals surface area contributed by atoms with Crippen LogP contribution in [0.1, 0.15) is 34.3 Å². The van der Waals surface area contributed by atoms with Gasteiger partial charge >= 0.3 is 0 Å². The Morgan fingerprint density at radius 2 is 1.54 bits per heavy atom. The Morgan fingerprint density at radius 3 is 2.20 bits per heavy atom. The van der Waals surface area contributed by atoms with Crippen LogP contribution in [0.25, 0.3) is 0 Å². The van der Waals surface area contributed by atoms with Gasteiger partial charge in [0.05, 0.1) is 16.3 Å². The van der Waals surface area contributed by atoms with Crippen molar-refractivity contribution in [2.24, 2.45) is 0 Å². The summed E-state index contributed by atoms with van der Waals surface area (Å²) in [6, 6.07) is 19.5. The maximum absolute atomic E-state index is 12.9. The van der Waals surface area contributed by atoms with E-state index in [1.807, 2.05) is 38.1 Å². The maximum Gasteiger partial charge on any atom is 0.261 e. The van der Waals surface area contributed by atoms with E-state index in [1.165, 1.54) is 0 Å². The molecule has 0 atom stereocenters. The average Bonchev–Trinajstić information content (AvgIpc) is 2.83. The maximum atomic E-state index is 12.9. The Bertz CT molecular complexity index is 1300. The van der Waals surface area contributed by atoms with Crippen LogP contribution < -0.4 is 15.4 Å². The van der Waals surface area contributed by atoms with Crippen LogP contribution in [0.15, 0.2) is 71.6 Å². The zero-order valence-electron chi connectivity index (χ0n) is 20.3. The standard InChI is InChI=1S/C27H32N4O3S/c1-19-8-13-24(18-20(19)2)35(33,34)30-23-11-9-21(10-12-23)27(32)29-26-7-5-4-6-25(26)28-22-14-16-31(3)17-15-22/h4-13,18,22,28,30H,14-17H2,1-3H3,(H,29,32). The third-order valence-electron chi connectivity index (χ3n) is 6.44. The number of amides is 1. The van der Waals surface area contributed by atoms with Gasteiger partial charge in [-0.3, -0.25) is 9.52 Å². The molecule has 0 spiro atoms. The van der Waals surface area contributed by atoms with Gasteiger partial charge in [0.25, 0.3) is 15.9 Å². The minimum Gasteiger partial charge on any atom is -0.381 e. The SMILES string of the molecule is Cc1ccc(S(=O)(=O)Nc2ccc(C(=O)Nc3ccccc3NC3CCN(C)CC3)cc2)cc1C. The first-order chi connectivity index (χ1) is 16.7. The Balaban J connectivity index is 1.42. The number of carbonyl (C=O) groups excluding carboxylic acids is 1. The lowest BCUT2D eigenvalue weighted by molar-refractivity contribution is 0.102. The summed E-state index contributed by atoms with van der Waals surface area (Å²) in [4.78, 5) is 15.4. The summed E-state index contributed by atoms with van der Waals surface area (Å²) in [6.07, 6.45) is 2.11. The molecule has 8 heteroatoms. The molecule has 1 aliphatic heterocycles. The topological polar surface area (TPSA) is 90.5 Å². The molecule has 1 heterocycles. The van der Waals surface area contributed by atoms with Crippen molar-refractivity contribution >= 4 is 33.0 Å². The molecule has 0 saturated carbocycles. The van der Waals surface area contributed by atoms with Gasteiger partial charge in [-0.1, -0.05) is 18.2 Å². The highest BCUT2D eigenvalue weighted by atomic mass is 32.2. The number of aryl methyl sites for hydroxylation is 2. The van der Waals surface area contributed by atoms with Gasteiger partial charge in [0.15, 0.2) is 0 Å². The second-order valence-corrected chi connectivity index (χ2v) is 10.8. The highest BCUT2D eigenvalue weighted by Crippen LogP contribution is 2.25. The van der Waals surface area contributed by atoms with Crippen LogP contribution in [0.5, 0.6) is 0 Å². The molecule has 1 aliphatic rings. The summed E-state index contributed by atoms with van der Waals surface area (Å²) in [5.41, 5.74) is 4.38. The summed E-state index contributed by atoms with van der Waals surface area (Å²) >= 11 is 0. The monoisotopic (exact) mass is 492 g/mol. The molecule has 1 fully saturated rings. The zero-order valence-corrected chi connectivity index (χ0v) is 21.2. The molecule has 1 amide bonds. The van der Waals surface area contributed by atoms with E-state index in [2.05, 4.69) is 27.3 Å². The van der Waals surface area contributed by atoms with Crippen LogP contribution in [-0.4, -0.2) is 45.4 Å². The number of sulfonamides is 1. The number of anilines is 3. The van der Waals surface area contributed by atoms with E-state index in [9.17, 15) is 13.2 Å². The lowest BCUT2D eigenvalue weighted by atomic mass is 10.0. The fraction of sp³-hybridized carbons (Fsp3) is 0.296. The van der Waals surface area contributed by atoms with Crippen molar-refractivity contribution in [3.05, 3.63) is 83.4 Å². The highest BCUT2D eigenvalue weighted by molar-refractivity contribution is 7.92. The predicted octanol–water partition coefficient (Wildman–Crippen LogP) is 4.86. The second-order valence-electron chi connectivity index (χ2n) is 9.15. The smallest absolute Gasteiger partial charge is 0.261 e. The van der Waals surface area contributed by atoms with Crippen molar-refractivity contribution < 1.29 is 13.2 Å². The Kier molecular flexibility index (Phi) is 7.42. The number of likely N-dealkylation sites (tertiary alicyclic amines) is 1. The Hall–Kier alpha value is -3.36. The van der Waals surface area contributed by atoms with E-state index in [-0.39, 0.29) is 10.8 Å². The number of para-hydroxylation sites is 2. The summed E-state index contributed by atoms with van der Waals surface area (Å²) in [5.74, 6) is -0.258. The van der Waals surface area contributed by atoms with E-state index < -0.39 is 10.0 Å². The number of hydrogen-bond donors (Lipinski definition) is 3.